The summed E-state index contributed by atoms with van der Waals surface area (Å²) in [5.41, 5.74) is 2.06. The number of rotatable bonds is 5. The fourth-order valence-electron chi connectivity index (χ4n) is 3.36. The predicted octanol–water partition coefficient (Wildman–Crippen LogP) is 4.64. The monoisotopic (exact) mass is 410 g/mol. The molecule has 1 aromatic heterocycles. The van der Waals surface area contributed by atoms with Gasteiger partial charge in [-0.2, -0.15) is 0 Å². The summed E-state index contributed by atoms with van der Waals surface area (Å²) in [6.07, 6.45) is -1.02. The molecule has 0 bridgehead atoms. The van der Waals surface area contributed by atoms with Crippen LogP contribution < -0.4 is 19.7 Å². The van der Waals surface area contributed by atoms with Crippen LogP contribution in [0.3, 0.4) is 0 Å². The fraction of sp³-hybridized carbons (Fsp3) is 0.318. The number of nitrogens with zero attached hydrogens (tertiary/aromatic N) is 3. The number of aromatic nitrogens is 2. The van der Waals surface area contributed by atoms with Crippen molar-refractivity contribution in [2.24, 2.45) is 0 Å². The van der Waals surface area contributed by atoms with Crippen LogP contribution in [-0.2, 0) is 0 Å². The third kappa shape index (κ3) is 3.94. The standard InChI is InChI=1S/C22H26N4O4/c1-22(2,3)26(21(27)28)14-9-7-8-13(10-14)19-15-11-17(29-5)18(30-6)12-16(15)24-20(23-4)25-19/h7-12H,1-6H3,(H,27,28)(H,23,24,25). The van der Waals surface area contributed by atoms with E-state index in [0.29, 0.717) is 34.3 Å². The van der Waals surface area contributed by atoms with Gasteiger partial charge in [0.15, 0.2) is 11.5 Å². The number of carboxylic acid groups (broad SMARTS) is 1. The third-order valence-electron chi connectivity index (χ3n) is 4.66. The Morgan fingerprint density at radius 1 is 1.07 bits per heavy atom. The van der Waals surface area contributed by atoms with E-state index in [-0.39, 0.29) is 0 Å². The van der Waals surface area contributed by atoms with Crippen molar-refractivity contribution in [1.29, 1.82) is 0 Å². The van der Waals surface area contributed by atoms with Gasteiger partial charge in [-0.25, -0.2) is 14.8 Å². The highest BCUT2D eigenvalue weighted by Crippen LogP contribution is 2.37. The number of benzene rings is 2. The summed E-state index contributed by atoms with van der Waals surface area (Å²) in [4.78, 5) is 22.4. The normalized spacial score (nSPS) is 11.3. The molecule has 0 fully saturated rings. The van der Waals surface area contributed by atoms with Gasteiger partial charge in [-0.3, -0.25) is 4.90 Å². The lowest BCUT2D eigenvalue weighted by Crippen LogP contribution is -2.45. The first-order chi connectivity index (χ1) is 14.2. The van der Waals surface area contributed by atoms with E-state index in [1.807, 2.05) is 45.0 Å². The van der Waals surface area contributed by atoms with E-state index in [1.165, 1.54) is 4.90 Å². The molecule has 3 rings (SSSR count). The average Bonchev–Trinajstić information content (AvgIpc) is 2.70. The lowest BCUT2D eigenvalue weighted by molar-refractivity contribution is 0.195. The van der Waals surface area contributed by atoms with E-state index in [2.05, 4.69) is 15.3 Å². The Balaban J connectivity index is 2.27. The zero-order valence-corrected chi connectivity index (χ0v) is 18.0. The van der Waals surface area contributed by atoms with Gasteiger partial charge in [-0.1, -0.05) is 12.1 Å². The number of ether oxygens (including phenoxy) is 2. The molecule has 0 aliphatic rings. The predicted molar refractivity (Wildman–Crippen MR) is 118 cm³/mol. The van der Waals surface area contributed by atoms with Crippen molar-refractivity contribution in [1.82, 2.24) is 9.97 Å². The summed E-state index contributed by atoms with van der Waals surface area (Å²) in [7, 11) is 4.88. The molecule has 0 atom stereocenters. The van der Waals surface area contributed by atoms with Gasteiger partial charge in [0.05, 0.1) is 25.4 Å². The molecule has 2 aromatic carbocycles. The van der Waals surface area contributed by atoms with Crippen LogP contribution in [0.1, 0.15) is 20.8 Å². The second-order valence-electron chi connectivity index (χ2n) is 7.71. The Labute approximate surface area is 175 Å². The Hall–Kier alpha value is -3.55. The van der Waals surface area contributed by atoms with Crippen molar-refractivity contribution in [3.8, 4) is 22.8 Å². The molecule has 30 heavy (non-hydrogen) atoms. The zero-order valence-electron chi connectivity index (χ0n) is 18.0. The van der Waals surface area contributed by atoms with Crippen LogP contribution in [0.2, 0.25) is 0 Å². The van der Waals surface area contributed by atoms with E-state index < -0.39 is 11.6 Å². The second-order valence-corrected chi connectivity index (χ2v) is 7.71. The Morgan fingerprint density at radius 3 is 2.30 bits per heavy atom. The fourth-order valence-corrected chi connectivity index (χ4v) is 3.36. The molecule has 0 radical (unpaired) electrons. The number of fused-ring (bicyclic) bond motifs is 1. The maximum Gasteiger partial charge on any atom is 0.412 e. The van der Waals surface area contributed by atoms with Crippen molar-refractivity contribution >= 4 is 28.6 Å². The number of carbonyl (C=O) groups is 1. The highest BCUT2D eigenvalue weighted by Gasteiger charge is 2.28. The van der Waals surface area contributed by atoms with Gasteiger partial charge in [-0.15, -0.1) is 0 Å². The molecule has 8 heteroatoms. The van der Waals surface area contributed by atoms with Crippen LogP contribution in [0.15, 0.2) is 36.4 Å². The number of hydrogen-bond acceptors (Lipinski definition) is 6. The minimum atomic E-state index is -1.02. The lowest BCUT2D eigenvalue weighted by atomic mass is 10.0. The summed E-state index contributed by atoms with van der Waals surface area (Å²) in [6, 6.07) is 10.9. The second kappa shape index (κ2) is 8.06. The SMILES string of the molecule is CNc1nc(-c2cccc(N(C(=O)O)C(C)(C)C)c2)c2cc(OC)c(OC)cc2n1. The van der Waals surface area contributed by atoms with Crippen LogP contribution >= 0.6 is 0 Å². The maximum absolute atomic E-state index is 11.9. The minimum absolute atomic E-state index is 0.445. The Bertz CT molecular complexity index is 1090. The minimum Gasteiger partial charge on any atom is -0.493 e. The van der Waals surface area contributed by atoms with E-state index >= 15 is 0 Å². The van der Waals surface area contributed by atoms with Gasteiger partial charge >= 0.3 is 6.09 Å². The molecule has 3 aromatic rings. The van der Waals surface area contributed by atoms with Crippen LogP contribution in [0.25, 0.3) is 22.2 Å². The van der Waals surface area contributed by atoms with Crippen LogP contribution in [0, 0.1) is 0 Å². The van der Waals surface area contributed by atoms with Gasteiger partial charge < -0.3 is 19.9 Å². The molecule has 0 spiro atoms. The highest BCUT2D eigenvalue weighted by atomic mass is 16.5. The van der Waals surface area contributed by atoms with E-state index in [0.717, 1.165) is 10.9 Å². The smallest absolute Gasteiger partial charge is 0.412 e. The van der Waals surface area contributed by atoms with Crippen LogP contribution in [-0.4, -0.2) is 48.0 Å². The van der Waals surface area contributed by atoms with Gasteiger partial charge in [0, 0.05) is 35.3 Å². The van der Waals surface area contributed by atoms with Crippen molar-refractivity contribution < 1.29 is 19.4 Å². The van der Waals surface area contributed by atoms with E-state index in [9.17, 15) is 9.90 Å². The van der Waals surface area contributed by atoms with Crippen LogP contribution in [0.4, 0.5) is 16.4 Å². The molecule has 1 heterocycles. The molecular formula is C22H26N4O4. The van der Waals surface area contributed by atoms with Gasteiger partial charge in [0.25, 0.3) is 0 Å². The number of methoxy groups -OCH3 is 2. The molecule has 0 saturated heterocycles. The van der Waals surface area contributed by atoms with Crippen molar-refractivity contribution in [2.75, 3.05) is 31.5 Å². The van der Waals surface area contributed by atoms with Gasteiger partial charge in [-0.05, 0) is 39.0 Å². The first-order valence-corrected chi connectivity index (χ1v) is 9.44. The summed E-state index contributed by atoms with van der Waals surface area (Å²) < 4.78 is 10.8. The third-order valence-corrected chi connectivity index (χ3v) is 4.66. The number of anilines is 2. The lowest BCUT2D eigenvalue weighted by Gasteiger charge is -2.33. The zero-order chi connectivity index (χ0) is 22.1. The molecule has 2 N–H and O–H groups in total. The van der Waals surface area contributed by atoms with E-state index in [1.54, 1.807) is 33.4 Å². The molecule has 1 amide bonds. The summed E-state index contributed by atoms with van der Waals surface area (Å²) in [5, 5.41) is 13.5. The van der Waals surface area contributed by atoms with Crippen molar-refractivity contribution in [3.63, 3.8) is 0 Å². The number of amides is 1. The summed E-state index contributed by atoms with van der Waals surface area (Å²) in [6.45, 7) is 5.55. The van der Waals surface area contributed by atoms with Gasteiger partial charge in [0.1, 0.15) is 0 Å². The molecule has 0 unspecified atom stereocenters. The maximum atomic E-state index is 11.9. The average molecular weight is 410 g/mol. The number of hydrogen-bond donors (Lipinski definition) is 2. The van der Waals surface area contributed by atoms with Crippen molar-refractivity contribution in [2.45, 2.75) is 26.3 Å². The largest absolute Gasteiger partial charge is 0.493 e. The topological polar surface area (TPSA) is 96.8 Å². The van der Waals surface area contributed by atoms with Gasteiger partial charge in [0.2, 0.25) is 5.95 Å². The Kier molecular flexibility index (Phi) is 5.69. The Morgan fingerprint density at radius 2 is 1.73 bits per heavy atom. The molecule has 158 valence electrons. The van der Waals surface area contributed by atoms with E-state index in [4.69, 9.17) is 9.47 Å². The first kappa shape index (κ1) is 21.2. The molecule has 8 nitrogen and oxygen atoms in total. The molecule has 0 aliphatic carbocycles. The van der Waals surface area contributed by atoms with Crippen molar-refractivity contribution in [3.05, 3.63) is 36.4 Å². The molecule has 0 aliphatic heterocycles. The number of nitrogens with one attached hydrogen (secondary N) is 1. The molecular weight excluding hydrogens is 384 g/mol. The summed E-state index contributed by atoms with van der Waals surface area (Å²) >= 11 is 0. The highest BCUT2D eigenvalue weighted by molar-refractivity contribution is 5.96. The quantitative estimate of drug-likeness (QED) is 0.632. The molecule has 0 saturated carbocycles. The first-order valence-electron chi connectivity index (χ1n) is 9.44. The van der Waals surface area contributed by atoms with Crippen LogP contribution in [0.5, 0.6) is 11.5 Å². The summed E-state index contributed by atoms with van der Waals surface area (Å²) in [5.74, 6) is 1.57.